The molecule has 3 heterocycles. The van der Waals surface area contributed by atoms with Crippen LogP contribution >= 0.6 is 11.8 Å². The van der Waals surface area contributed by atoms with Crippen molar-refractivity contribution < 1.29 is 13.6 Å². The molecule has 0 fully saturated rings. The largest absolute Gasteiger partial charge is 0.289 e. The van der Waals surface area contributed by atoms with Gasteiger partial charge in [-0.2, -0.15) is 4.80 Å². The van der Waals surface area contributed by atoms with Crippen LogP contribution in [-0.4, -0.2) is 51.3 Å². The van der Waals surface area contributed by atoms with Crippen LogP contribution in [0.4, 0.5) is 14.7 Å². The number of tetrazole rings is 2. The van der Waals surface area contributed by atoms with E-state index in [2.05, 4.69) is 41.2 Å². The number of hydrogen-bond donors (Lipinski definition) is 1. The Labute approximate surface area is 155 Å². The maximum atomic E-state index is 13.4. The fourth-order valence-corrected chi connectivity index (χ4v) is 3.01. The summed E-state index contributed by atoms with van der Waals surface area (Å²) in [6, 6.07) is 1.12. The Bertz CT molecular complexity index is 943. The Morgan fingerprint density at radius 3 is 2.70 bits per heavy atom. The maximum absolute atomic E-state index is 13.4. The monoisotopic (exact) mass is 396 g/mol. The Morgan fingerprint density at radius 2 is 2.07 bits per heavy atom. The van der Waals surface area contributed by atoms with E-state index in [9.17, 15) is 13.6 Å². The zero-order valence-corrected chi connectivity index (χ0v) is 15.1. The Kier molecular flexibility index (Phi) is 5.63. The predicted molar refractivity (Wildman–Crippen MR) is 89.7 cm³/mol. The minimum atomic E-state index is -2.84. The summed E-state index contributed by atoms with van der Waals surface area (Å²) in [5.41, 5.74) is -0.393. The van der Waals surface area contributed by atoms with Crippen LogP contribution in [0.2, 0.25) is 0 Å². The predicted octanol–water partition coefficient (Wildman–Crippen LogP) is 0.752. The first-order chi connectivity index (χ1) is 13.0. The molecule has 1 amide bonds. The van der Waals surface area contributed by atoms with Crippen LogP contribution in [0.25, 0.3) is 0 Å². The molecule has 0 saturated heterocycles. The molecule has 0 radical (unpaired) electrons. The lowest BCUT2D eigenvalue weighted by molar-refractivity contribution is 0.100. The molecule has 11 nitrogen and oxygen atoms in total. The molecule has 0 aliphatic carbocycles. The average Bonchev–Trinajstić information content (AvgIpc) is 3.23. The number of aryl methyl sites for hydroxylation is 2. The fourth-order valence-electron chi connectivity index (χ4n) is 2.19. The number of carbonyl (C=O) groups excluding carboxylic acids is 1. The SMILES string of the molecule is Cn1nnc(CSCc2nccc(C(F)F)c2C(=O)Nc2nnnn2C)n1. The summed E-state index contributed by atoms with van der Waals surface area (Å²) < 4.78 is 28.1. The highest BCUT2D eigenvalue weighted by Gasteiger charge is 2.24. The minimum Gasteiger partial charge on any atom is -0.289 e. The number of aromatic nitrogens is 9. The van der Waals surface area contributed by atoms with E-state index in [4.69, 9.17) is 0 Å². The molecule has 0 aliphatic heterocycles. The highest BCUT2D eigenvalue weighted by atomic mass is 32.2. The third kappa shape index (κ3) is 4.39. The second kappa shape index (κ2) is 8.11. The Balaban J connectivity index is 1.81. The number of thioether (sulfide) groups is 1. The second-order valence-corrected chi connectivity index (χ2v) is 6.28. The number of nitrogens with one attached hydrogen (secondary N) is 1. The van der Waals surface area contributed by atoms with Crippen LogP contribution in [0.1, 0.15) is 33.9 Å². The molecule has 0 saturated carbocycles. The van der Waals surface area contributed by atoms with Crippen molar-refractivity contribution in [1.82, 2.24) is 45.4 Å². The van der Waals surface area contributed by atoms with E-state index < -0.39 is 17.9 Å². The van der Waals surface area contributed by atoms with Crippen molar-refractivity contribution in [3.8, 4) is 0 Å². The van der Waals surface area contributed by atoms with Crippen LogP contribution in [-0.2, 0) is 25.6 Å². The molecule has 0 atom stereocenters. The van der Waals surface area contributed by atoms with E-state index in [-0.39, 0.29) is 23.0 Å². The van der Waals surface area contributed by atoms with Crippen molar-refractivity contribution in [2.75, 3.05) is 5.32 Å². The van der Waals surface area contributed by atoms with Gasteiger partial charge >= 0.3 is 0 Å². The molecule has 27 heavy (non-hydrogen) atoms. The van der Waals surface area contributed by atoms with Gasteiger partial charge in [-0.05, 0) is 21.7 Å². The molecule has 0 aliphatic rings. The average molecular weight is 396 g/mol. The lowest BCUT2D eigenvalue weighted by Gasteiger charge is -2.12. The normalized spacial score (nSPS) is 11.1. The third-order valence-corrected chi connectivity index (χ3v) is 4.33. The molecule has 14 heteroatoms. The molecule has 1 N–H and O–H groups in total. The van der Waals surface area contributed by atoms with Crippen molar-refractivity contribution in [1.29, 1.82) is 0 Å². The summed E-state index contributed by atoms with van der Waals surface area (Å²) in [4.78, 5) is 18.0. The fraction of sp³-hybridized carbons (Fsp3) is 0.385. The lowest BCUT2D eigenvalue weighted by Crippen LogP contribution is -2.20. The minimum absolute atomic E-state index is 0.0337. The van der Waals surface area contributed by atoms with E-state index in [1.807, 2.05) is 0 Å². The molecule has 0 spiro atoms. The van der Waals surface area contributed by atoms with Gasteiger partial charge < -0.3 is 0 Å². The van der Waals surface area contributed by atoms with E-state index in [0.29, 0.717) is 11.6 Å². The summed E-state index contributed by atoms with van der Waals surface area (Å²) in [5.74, 6) is 0.362. The van der Waals surface area contributed by atoms with Gasteiger partial charge in [0.2, 0.25) is 5.95 Å². The van der Waals surface area contributed by atoms with Crippen molar-refractivity contribution in [2.24, 2.45) is 14.1 Å². The first-order valence-corrected chi connectivity index (χ1v) is 8.71. The molecule has 3 rings (SSSR count). The molecule has 0 bridgehead atoms. The molecule has 0 unspecified atom stereocenters. The first kappa shape index (κ1) is 18.8. The van der Waals surface area contributed by atoms with Gasteiger partial charge in [0.1, 0.15) is 0 Å². The number of amides is 1. The molecule has 3 aromatic rings. The number of hydrogen-bond acceptors (Lipinski definition) is 9. The van der Waals surface area contributed by atoms with Gasteiger partial charge in [0, 0.05) is 24.6 Å². The standard InChI is InChI=1S/C13H14F2N10OS/c1-24-13(19-21-23-24)17-12(26)10-7(11(14)15)3-4-16-8(10)5-27-6-9-18-22-25(2)20-9/h3-4,11H,5-6H2,1-2H3,(H,17,19,23,26). The number of carbonyl (C=O) groups is 1. The van der Waals surface area contributed by atoms with Crippen molar-refractivity contribution in [3.05, 3.63) is 34.9 Å². The zero-order valence-electron chi connectivity index (χ0n) is 14.2. The van der Waals surface area contributed by atoms with Gasteiger partial charge in [-0.1, -0.05) is 5.10 Å². The summed E-state index contributed by atoms with van der Waals surface area (Å²) in [6.07, 6.45) is -1.59. The van der Waals surface area contributed by atoms with Gasteiger partial charge in [-0.15, -0.1) is 22.0 Å². The number of anilines is 1. The maximum Gasteiger partial charge on any atom is 0.264 e. The molecule has 142 valence electrons. The van der Waals surface area contributed by atoms with Crippen molar-refractivity contribution in [3.63, 3.8) is 0 Å². The first-order valence-electron chi connectivity index (χ1n) is 7.56. The molecule has 3 aromatic heterocycles. The molecular weight excluding hydrogens is 382 g/mol. The van der Waals surface area contributed by atoms with Crippen LogP contribution in [0.3, 0.4) is 0 Å². The molecule has 0 aromatic carbocycles. The quantitative estimate of drug-likeness (QED) is 0.615. The Morgan fingerprint density at radius 1 is 1.26 bits per heavy atom. The summed E-state index contributed by atoms with van der Waals surface area (Å²) in [5, 5.41) is 24.6. The third-order valence-electron chi connectivity index (χ3n) is 3.39. The highest BCUT2D eigenvalue weighted by molar-refractivity contribution is 7.97. The topological polar surface area (TPSA) is 129 Å². The van der Waals surface area contributed by atoms with E-state index >= 15 is 0 Å². The van der Waals surface area contributed by atoms with Gasteiger partial charge in [0.25, 0.3) is 12.3 Å². The summed E-state index contributed by atoms with van der Waals surface area (Å²) in [6.45, 7) is 0. The molecular formula is C13H14F2N10OS. The van der Waals surface area contributed by atoms with Crippen LogP contribution in [0.5, 0.6) is 0 Å². The highest BCUT2D eigenvalue weighted by Crippen LogP contribution is 2.27. The Hall–Kier alpha value is -3.03. The van der Waals surface area contributed by atoms with Gasteiger partial charge in [0.05, 0.1) is 24.1 Å². The number of nitrogens with zero attached hydrogens (tertiary/aromatic N) is 9. The van der Waals surface area contributed by atoms with Crippen molar-refractivity contribution in [2.45, 2.75) is 17.9 Å². The summed E-state index contributed by atoms with van der Waals surface area (Å²) in [7, 11) is 3.15. The van der Waals surface area contributed by atoms with Crippen molar-refractivity contribution >= 4 is 23.6 Å². The summed E-state index contributed by atoms with van der Waals surface area (Å²) >= 11 is 1.32. The smallest absolute Gasteiger partial charge is 0.264 e. The van der Waals surface area contributed by atoms with Crippen LogP contribution in [0, 0.1) is 0 Å². The van der Waals surface area contributed by atoms with Gasteiger partial charge in [0.15, 0.2) is 5.82 Å². The van der Waals surface area contributed by atoms with Gasteiger partial charge in [-0.25, -0.2) is 13.5 Å². The van der Waals surface area contributed by atoms with E-state index in [1.54, 1.807) is 7.05 Å². The zero-order chi connectivity index (χ0) is 19.4. The van der Waals surface area contributed by atoms with E-state index in [0.717, 1.165) is 6.07 Å². The second-order valence-electron chi connectivity index (χ2n) is 5.29. The van der Waals surface area contributed by atoms with E-state index in [1.165, 1.54) is 34.5 Å². The lowest BCUT2D eigenvalue weighted by atomic mass is 10.1. The number of rotatable bonds is 7. The van der Waals surface area contributed by atoms with Gasteiger partial charge in [-0.3, -0.25) is 15.1 Å². The van der Waals surface area contributed by atoms with Crippen LogP contribution in [0.15, 0.2) is 12.3 Å². The number of alkyl halides is 2. The van der Waals surface area contributed by atoms with Crippen LogP contribution < -0.4 is 5.32 Å². The number of halogens is 2. The number of pyridine rings is 1.